The van der Waals surface area contributed by atoms with Crippen LogP contribution in [-0.4, -0.2) is 24.4 Å². The minimum Gasteiger partial charge on any atom is -0.497 e. The van der Waals surface area contributed by atoms with E-state index in [1.54, 1.807) is 13.2 Å². The molecule has 0 heterocycles. The van der Waals surface area contributed by atoms with Crippen LogP contribution in [-0.2, 0) is 11.3 Å². The van der Waals surface area contributed by atoms with E-state index >= 15 is 0 Å². The summed E-state index contributed by atoms with van der Waals surface area (Å²) in [6, 6.07) is 7.86. The first-order valence-corrected chi connectivity index (χ1v) is 7.53. The average Bonchev–Trinajstić information content (AvgIpc) is 2.47. The van der Waals surface area contributed by atoms with Crippen LogP contribution in [0.4, 0.5) is 0 Å². The molecule has 0 saturated heterocycles. The maximum atomic E-state index is 10.1. The van der Waals surface area contributed by atoms with Crippen LogP contribution in [0.5, 0.6) is 5.75 Å². The Bertz CT molecular complexity index is 411. The summed E-state index contributed by atoms with van der Waals surface area (Å²) in [5.74, 6) is 1.26. The molecule has 3 atom stereocenters. The highest BCUT2D eigenvalue weighted by molar-refractivity contribution is 5.26. The first-order chi connectivity index (χ1) is 9.99. The Hall–Kier alpha value is -1.32. The van der Waals surface area contributed by atoms with Crippen molar-refractivity contribution >= 4 is 0 Å². The molecule has 118 valence electrons. The molecular formula is C18H28O3. The molecule has 21 heavy (non-hydrogen) atoms. The number of rotatable bonds is 9. The quantitative estimate of drug-likeness (QED) is 0.703. The van der Waals surface area contributed by atoms with Crippen molar-refractivity contribution in [2.24, 2.45) is 11.8 Å². The number of ether oxygens (including phenoxy) is 2. The molecule has 0 aliphatic carbocycles. The molecule has 0 amide bonds. The van der Waals surface area contributed by atoms with E-state index in [1.165, 1.54) is 0 Å². The highest BCUT2D eigenvalue weighted by Crippen LogP contribution is 2.23. The number of aliphatic hydroxyl groups is 1. The summed E-state index contributed by atoms with van der Waals surface area (Å²) in [6.45, 7) is 10.5. The van der Waals surface area contributed by atoms with E-state index in [4.69, 9.17) is 9.47 Å². The lowest BCUT2D eigenvalue weighted by Gasteiger charge is -2.30. The van der Waals surface area contributed by atoms with Gasteiger partial charge in [-0.2, -0.15) is 0 Å². The lowest BCUT2D eigenvalue weighted by molar-refractivity contribution is -0.0603. The molecule has 0 aliphatic rings. The Morgan fingerprint density at radius 2 is 1.81 bits per heavy atom. The molecular weight excluding hydrogens is 264 g/mol. The van der Waals surface area contributed by atoms with Gasteiger partial charge in [-0.3, -0.25) is 0 Å². The van der Waals surface area contributed by atoms with Gasteiger partial charge in [-0.15, -0.1) is 6.58 Å². The van der Waals surface area contributed by atoms with E-state index in [-0.39, 0.29) is 12.0 Å². The van der Waals surface area contributed by atoms with Crippen molar-refractivity contribution in [3.8, 4) is 5.75 Å². The second kappa shape index (κ2) is 8.85. The molecule has 0 fully saturated rings. The normalized spacial score (nSPS) is 15.5. The Balaban J connectivity index is 2.63. The monoisotopic (exact) mass is 292 g/mol. The van der Waals surface area contributed by atoms with Gasteiger partial charge in [0, 0.05) is 5.92 Å². The molecule has 0 aliphatic heterocycles. The predicted octanol–water partition coefficient (Wildman–Crippen LogP) is 3.81. The van der Waals surface area contributed by atoms with Crippen LogP contribution in [0.25, 0.3) is 0 Å². The topological polar surface area (TPSA) is 38.7 Å². The highest BCUT2D eigenvalue weighted by atomic mass is 16.5. The summed E-state index contributed by atoms with van der Waals surface area (Å²) < 4.78 is 11.2. The van der Waals surface area contributed by atoms with E-state index < -0.39 is 6.10 Å². The highest BCUT2D eigenvalue weighted by Gasteiger charge is 2.26. The summed E-state index contributed by atoms with van der Waals surface area (Å²) in [4.78, 5) is 0. The lowest BCUT2D eigenvalue weighted by Crippen LogP contribution is -2.35. The number of hydrogen-bond acceptors (Lipinski definition) is 3. The number of benzene rings is 1. The molecule has 3 nitrogen and oxygen atoms in total. The van der Waals surface area contributed by atoms with Gasteiger partial charge < -0.3 is 14.6 Å². The van der Waals surface area contributed by atoms with Gasteiger partial charge >= 0.3 is 0 Å². The van der Waals surface area contributed by atoms with E-state index in [0.717, 1.165) is 11.3 Å². The average molecular weight is 292 g/mol. The third-order valence-corrected chi connectivity index (χ3v) is 3.79. The van der Waals surface area contributed by atoms with Crippen molar-refractivity contribution in [3.05, 3.63) is 42.5 Å². The van der Waals surface area contributed by atoms with Crippen molar-refractivity contribution < 1.29 is 14.6 Å². The zero-order chi connectivity index (χ0) is 15.8. The zero-order valence-electron chi connectivity index (χ0n) is 13.6. The SMILES string of the molecule is C=CC[C@@H](O)[C@@H](C)[C@H](OCc1ccc(OC)cc1)C(C)C. The second-order valence-corrected chi connectivity index (χ2v) is 5.82. The fourth-order valence-corrected chi connectivity index (χ4v) is 2.47. The van der Waals surface area contributed by atoms with Gasteiger partial charge in [0.25, 0.3) is 0 Å². The van der Waals surface area contributed by atoms with Crippen LogP contribution in [0, 0.1) is 11.8 Å². The van der Waals surface area contributed by atoms with Crippen molar-refractivity contribution in [3.63, 3.8) is 0 Å². The number of hydrogen-bond donors (Lipinski definition) is 1. The molecule has 3 heteroatoms. The van der Waals surface area contributed by atoms with Crippen molar-refractivity contribution in [2.75, 3.05) is 7.11 Å². The van der Waals surface area contributed by atoms with Gasteiger partial charge in [0.15, 0.2) is 0 Å². The molecule has 0 saturated carbocycles. The second-order valence-electron chi connectivity index (χ2n) is 5.82. The van der Waals surface area contributed by atoms with Crippen molar-refractivity contribution in [1.82, 2.24) is 0 Å². The molecule has 0 unspecified atom stereocenters. The summed E-state index contributed by atoms with van der Waals surface area (Å²) in [6.07, 6.45) is 1.95. The summed E-state index contributed by atoms with van der Waals surface area (Å²) in [5.41, 5.74) is 1.10. The van der Waals surface area contributed by atoms with Crippen LogP contribution in [0.2, 0.25) is 0 Å². The number of aliphatic hydroxyl groups excluding tert-OH is 1. The standard InChI is InChI=1S/C18H28O3/c1-6-7-17(19)14(4)18(13(2)3)21-12-15-8-10-16(20-5)11-9-15/h6,8-11,13-14,17-19H,1,7,12H2,2-5H3/t14-,17-,18-/m1/s1. The van der Waals surface area contributed by atoms with E-state index in [9.17, 15) is 5.11 Å². The maximum Gasteiger partial charge on any atom is 0.118 e. The Kier molecular flexibility index (Phi) is 7.48. The lowest BCUT2D eigenvalue weighted by atomic mass is 9.89. The maximum absolute atomic E-state index is 10.1. The summed E-state index contributed by atoms with van der Waals surface area (Å²) in [5, 5.41) is 10.1. The third-order valence-electron chi connectivity index (χ3n) is 3.79. The largest absolute Gasteiger partial charge is 0.497 e. The Morgan fingerprint density at radius 3 is 2.29 bits per heavy atom. The smallest absolute Gasteiger partial charge is 0.118 e. The fraction of sp³-hybridized carbons (Fsp3) is 0.556. The molecule has 0 spiro atoms. The minimum absolute atomic E-state index is 0.0158. The first kappa shape index (κ1) is 17.7. The van der Waals surface area contributed by atoms with Gasteiger partial charge in [-0.1, -0.05) is 39.0 Å². The number of methoxy groups -OCH3 is 1. The van der Waals surface area contributed by atoms with Crippen LogP contribution in [0.15, 0.2) is 36.9 Å². The van der Waals surface area contributed by atoms with Gasteiger partial charge in [0.05, 0.1) is 25.9 Å². The van der Waals surface area contributed by atoms with E-state index in [0.29, 0.717) is 18.9 Å². The molecule has 1 aromatic rings. The molecule has 1 rings (SSSR count). The predicted molar refractivity (Wildman–Crippen MR) is 86.4 cm³/mol. The third kappa shape index (κ3) is 5.52. The first-order valence-electron chi connectivity index (χ1n) is 7.53. The van der Waals surface area contributed by atoms with E-state index in [1.807, 2.05) is 31.2 Å². The molecule has 0 radical (unpaired) electrons. The van der Waals surface area contributed by atoms with Crippen LogP contribution in [0.1, 0.15) is 32.8 Å². The summed E-state index contributed by atoms with van der Waals surface area (Å²) >= 11 is 0. The van der Waals surface area contributed by atoms with Gasteiger partial charge in [0.2, 0.25) is 0 Å². The van der Waals surface area contributed by atoms with Gasteiger partial charge in [0.1, 0.15) is 5.75 Å². The van der Waals surface area contributed by atoms with Gasteiger partial charge in [-0.25, -0.2) is 0 Å². The van der Waals surface area contributed by atoms with Crippen LogP contribution >= 0.6 is 0 Å². The minimum atomic E-state index is -0.411. The van der Waals surface area contributed by atoms with Crippen molar-refractivity contribution in [1.29, 1.82) is 0 Å². The fourth-order valence-electron chi connectivity index (χ4n) is 2.47. The van der Waals surface area contributed by atoms with E-state index in [2.05, 4.69) is 20.4 Å². The summed E-state index contributed by atoms with van der Waals surface area (Å²) in [7, 11) is 1.66. The van der Waals surface area contributed by atoms with Crippen LogP contribution < -0.4 is 4.74 Å². The van der Waals surface area contributed by atoms with Crippen molar-refractivity contribution in [2.45, 2.75) is 46.0 Å². The Morgan fingerprint density at radius 1 is 1.19 bits per heavy atom. The molecule has 0 bridgehead atoms. The van der Waals surface area contributed by atoms with Gasteiger partial charge in [-0.05, 0) is 30.0 Å². The molecule has 1 aromatic carbocycles. The Labute approximate surface area is 128 Å². The zero-order valence-corrected chi connectivity index (χ0v) is 13.6. The molecule has 1 N–H and O–H groups in total. The molecule has 0 aromatic heterocycles. The van der Waals surface area contributed by atoms with Crippen LogP contribution in [0.3, 0.4) is 0 Å².